The molecule has 1 atom stereocenters. The van der Waals surface area contributed by atoms with Gasteiger partial charge in [0.25, 0.3) is 5.91 Å². The molecule has 2 heterocycles. The number of carbonyl (C=O) groups excluding carboxylic acids is 2. The number of amides is 1. The van der Waals surface area contributed by atoms with Gasteiger partial charge in [0.2, 0.25) is 5.78 Å². The molecular formula is C30H26ClNO5. The molecule has 1 aliphatic heterocycles. The molecule has 1 N–H and O–H groups in total. The van der Waals surface area contributed by atoms with Gasteiger partial charge in [-0.25, -0.2) is 0 Å². The fourth-order valence-electron chi connectivity index (χ4n) is 4.63. The summed E-state index contributed by atoms with van der Waals surface area (Å²) in [5.41, 5.74) is 2.74. The lowest BCUT2D eigenvalue weighted by Gasteiger charge is -2.27. The van der Waals surface area contributed by atoms with Crippen molar-refractivity contribution in [3.05, 3.63) is 106 Å². The van der Waals surface area contributed by atoms with Crippen LogP contribution in [0.15, 0.2) is 88.5 Å². The van der Waals surface area contributed by atoms with E-state index >= 15 is 0 Å². The summed E-state index contributed by atoms with van der Waals surface area (Å²) in [6.45, 7) is 6.51. The molecule has 4 aromatic rings. The molecule has 0 saturated carbocycles. The van der Waals surface area contributed by atoms with Crippen molar-refractivity contribution in [2.45, 2.75) is 32.7 Å². The minimum absolute atomic E-state index is 0.0142. The lowest BCUT2D eigenvalue weighted by molar-refractivity contribution is -0.117. The van der Waals surface area contributed by atoms with Crippen LogP contribution in [0.2, 0.25) is 5.02 Å². The number of ketones is 1. The topological polar surface area (TPSA) is 80.0 Å². The summed E-state index contributed by atoms with van der Waals surface area (Å²) in [6.07, 6.45) is 0. The summed E-state index contributed by atoms with van der Waals surface area (Å²) >= 11 is 6.10. The minimum atomic E-state index is -0.866. The Kier molecular flexibility index (Phi) is 6.52. The summed E-state index contributed by atoms with van der Waals surface area (Å²) in [6, 6.07) is 20.5. The maximum atomic E-state index is 13.8. The Morgan fingerprint density at radius 2 is 1.84 bits per heavy atom. The van der Waals surface area contributed by atoms with Crippen LogP contribution in [0.3, 0.4) is 0 Å². The maximum Gasteiger partial charge on any atom is 0.294 e. The van der Waals surface area contributed by atoms with Crippen LogP contribution in [0.5, 0.6) is 5.75 Å². The first-order valence-electron chi connectivity index (χ1n) is 12.1. The average molecular weight is 516 g/mol. The number of Topliss-reactive ketones (excluding diaryl/α,β-unsaturated/α-hetero) is 1. The fraction of sp³-hybridized carbons (Fsp3) is 0.200. The molecule has 1 unspecified atom stereocenters. The van der Waals surface area contributed by atoms with Gasteiger partial charge < -0.3 is 14.3 Å². The van der Waals surface area contributed by atoms with Crippen LogP contribution in [0, 0.1) is 0 Å². The van der Waals surface area contributed by atoms with Crippen LogP contribution in [0.25, 0.3) is 11.0 Å². The largest absolute Gasteiger partial charge is 0.503 e. The Morgan fingerprint density at radius 3 is 2.54 bits per heavy atom. The van der Waals surface area contributed by atoms with Gasteiger partial charge >= 0.3 is 0 Å². The minimum Gasteiger partial charge on any atom is -0.503 e. The lowest BCUT2D eigenvalue weighted by atomic mass is 9.92. The predicted octanol–water partition coefficient (Wildman–Crippen LogP) is 7.39. The van der Waals surface area contributed by atoms with Gasteiger partial charge in [-0.15, -0.1) is 0 Å². The molecule has 0 spiro atoms. The monoisotopic (exact) mass is 515 g/mol. The average Bonchev–Trinajstić information content (AvgIpc) is 3.42. The molecule has 37 heavy (non-hydrogen) atoms. The summed E-state index contributed by atoms with van der Waals surface area (Å²) in [5.74, 6) is -0.946. The van der Waals surface area contributed by atoms with E-state index in [0.717, 1.165) is 5.56 Å². The van der Waals surface area contributed by atoms with Crippen LogP contribution < -0.4 is 9.64 Å². The Hall–Kier alpha value is -4.03. The van der Waals surface area contributed by atoms with Crippen LogP contribution in [0.4, 0.5) is 5.69 Å². The van der Waals surface area contributed by atoms with Crippen LogP contribution in [0.1, 0.15) is 54.4 Å². The van der Waals surface area contributed by atoms with Crippen molar-refractivity contribution in [2.75, 3.05) is 11.5 Å². The number of rotatable bonds is 7. The zero-order chi connectivity index (χ0) is 26.3. The van der Waals surface area contributed by atoms with Gasteiger partial charge in [0.1, 0.15) is 11.3 Å². The molecule has 188 valence electrons. The van der Waals surface area contributed by atoms with E-state index in [4.69, 9.17) is 20.8 Å². The third-order valence-electron chi connectivity index (χ3n) is 6.48. The van der Waals surface area contributed by atoms with E-state index < -0.39 is 23.5 Å². The number of carbonyl (C=O) groups is 2. The molecule has 1 amide bonds. The summed E-state index contributed by atoms with van der Waals surface area (Å²) < 4.78 is 11.4. The van der Waals surface area contributed by atoms with E-state index in [1.807, 2.05) is 31.2 Å². The molecule has 0 bridgehead atoms. The van der Waals surface area contributed by atoms with Crippen molar-refractivity contribution in [1.82, 2.24) is 0 Å². The van der Waals surface area contributed by atoms with Crippen molar-refractivity contribution < 1.29 is 23.8 Å². The Morgan fingerprint density at radius 1 is 1.08 bits per heavy atom. The Bertz CT molecular complexity index is 1530. The normalized spacial score (nSPS) is 15.8. The van der Waals surface area contributed by atoms with E-state index in [2.05, 4.69) is 13.8 Å². The standard InChI is InChI=1S/C30H26ClNO5/c1-4-36-23-7-5-6-22(16-23)32-27(19-10-8-18(9-11-19)17(2)3)26(29(34)30(32)35)28(33)25-15-20-14-21(31)12-13-24(20)37-25/h5-17,27,34H,4H2,1-3H3. The third-order valence-corrected chi connectivity index (χ3v) is 6.72. The number of nitrogens with zero attached hydrogens (tertiary/aromatic N) is 1. The number of benzene rings is 3. The first-order chi connectivity index (χ1) is 17.8. The number of anilines is 1. The van der Waals surface area contributed by atoms with Gasteiger partial charge in [-0.1, -0.05) is 55.8 Å². The molecule has 0 saturated heterocycles. The predicted molar refractivity (Wildman–Crippen MR) is 144 cm³/mol. The molecule has 0 fully saturated rings. The third kappa shape index (κ3) is 4.49. The highest BCUT2D eigenvalue weighted by Gasteiger charge is 2.45. The summed E-state index contributed by atoms with van der Waals surface area (Å²) in [4.78, 5) is 28.7. The molecule has 1 aliphatic rings. The number of fused-ring (bicyclic) bond motifs is 1. The highest BCUT2D eigenvalue weighted by atomic mass is 35.5. The van der Waals surface area contributed by atoms with Gasteiger partial charge in [0.15, 0.2) is 11.5 Å². The van der Waals surface area contributed by atoms with Gasteiger partial charge in [-0.3, -0.25) is 14.5 Å². The van der Waals surface area contributed by atoms with Gasteiger partial charge in [0, 0.05) is 22.2 Å². The SMILES string of the molecule is CCOc1cccc(N2C(=O)C(O)=C(C(=O)c3cc4cc(Cl)ccc4o3)C2c2ccc(C(C)C)cc2)c1. The first kappa shape index (κ1) is 24.7. The molecule has 5 rings (SSSR count). The van der Waals surface area contributed by atoms with Crippen molar-refractivity contribution in [3.63, 3.8) is 0 Å². The molecular weight excluding hydrogens is 490 g/mol. The van der Waals surface area contributed by atoms with E-state index in [1.165, 1.54) is 4.90 Å². The molecule has 1 aromatic heterocycles. The van der Waals surface area contributed by atoms with Crippen LogP contribution >= 0.6 is 11.6 Å². The second-order valence-electron chi connectivity index (χ2n) is 9.21. The van der Waals surface area contributed by atoms with Crippen LogP contribution in [-0.2, 0) is 4.79 Å². The number of ether oxygens (including phenoxy) is 1. The van der Waals surface area contributed by atoms with E-state index in [0.29, 0.717) is 45.5 Å². The summed E-state index contributed by atoms with van der Waals surface area (Å²) in [7, 11) is 0. The van der Waals surface area contributed by atoms with Gasteiger partial charge in [0.05, 0.1) is 18.2 Å². The van der Waals surface area contributed by atoms with Crippen LogP contribution in [-0.4, -0.2) is 23.4 Å². The number of halogens is 1. The van der Waals surface area contributed by atoms with E-state index in [9.17, 15) is 14.7 Å². The first-order valence-corrected chi connectivity index (χ1v) is 12.5. The van der Waals surface area contributed by atoms with Gasteiger partial charge in [-0.05, 0) is 60.4 Å². The molecule has 6 nitrogen and oxygen atoms in total. The van der Waals surface area contributed by atoms with Gasteiger partial charge in [-0.2, -0.15) is 0 Å². The number of furan rings is 1. The quantitative estimate of drug-likeness (QED) is 0.259. The number of aliphatic hydroxyl groups excluding tert-OH is 1. The Labute approximate surface area is 219 Å². The molecule has 7 heteroatoms. The number of hydrogen-bond acceptors (Lipinski definition) is 5. The second kappa shape index (κ2) is 9.79. The molecule has 0 aliphatic carbocycles. The molecule has 0 radical (unpaired) electrons. The lowest BCUT2D eigenvalue weighted by Crippen LogP contribution is -2.31. The zero-order valence-corrected chi connectivity index (χ0v) is 21.5. The molecule has 3 aromatic carbocycles. The van der Waals surface area contributed by atoms with E-state index in [1.54, 1.807) is 48.5 Å². The summed E-state index contributed by atoms with van der Waals surface area (Å²) in [5, 5.41) is 12.2. The number of hydrogen-bond donors (Lipinski definition) is 1. The van der Waals surface area contributed by atoms with E-state index in [-0.39, 0.29) is 11.3 Å². The van der Waals surface area contributed by atoms with Crippen molar-refractivity contribution >= 4 is 39.9 Å². The smallest absolute Gasteiger partial charge is 0.294 e. The Balaban J connectivity index is 1.64. The second-order valence-corrected chi connectivity index (χ2v) is 9.65. The maximum absolute atomic E-state index is 13.8. The highest BCUT2D eigenvalue weighted by molar-refractivity contribution is 6.31. The highest BCUT2D eigenvalue weighted by Crippen LogP contribution is 2.43. The fourth-order valence-corrected chi connectivity index (χ4v) is 4.81. The van der Waals surface area contributed by atoms with Crippen molar-refractivity contribution in [2.24, 2.45) is 0 Å². The number of aliphatic hydroxyl groups is 1. The van der Waals surface area contributed by atoms with Crippen molar-refractivity contribution in [1.29, 1.82) is 0 Å². The van der Waals surface area contributed by atoms with Crippen molar-refractivity contribution in [3.8, 4) is 5.75 Å². The zero-order valence-electron chi connectivity index (χ0n) is 20.7.